The lowest BCUT2D eigenvalue weighted by molar-refractivity contribution is 0.432. The lowest BCUT2D eigenvalue weighted by Crippen LogP contribution is -2.14. The first-order chi connectivity index (χ1) is 8.24. The van der Waals surface area contributed by atoms with Crippen LogP contribution in [0, 0.1) is 0 Å². The number of benzene rings is 1. The first-order valence-corrected chi connectivity index (χ1v) is 6.04. The van der Waals surface area contributed by atoms with Crippen molar-refractivity contribution in [2.45, 2.75) is 32.2 Å². The fourth-order valence-corrected chi connectivity index (χ4v) is 2.31. The number of nitrogen functional groups attached to an aromatic ring is 1. The van der Waals surface area contributed by atoms with Gasteiger partial charge in [0.05, 0.1) is 0 Å². The number of anilines is 1. The zero-order valence-corrected chi connectivity index (χ0v) is 9.93. The van der Waals surface area contributed by atoms with Crippen LogP contribution in [0.25, 0.3) is 11.4 Å². The van der Waals surface area contributed by atoms with Crippen LogP contribution in [0.2, 0.25) is 0 Å². The topological polar surface area (TPSA) is 56.7 Å². The van der Waals surface area contributed by atoms with E-state index >= 15 is 0 Å². The Hall–Kier alpha value is -1.84. The van der Waals surface area contributed by atoms with Crippen LogP contribution in [-0.2, 0) is 6.54 Å². The summed E-state index contributed by atoms with van der Waals surface area (Å²) in [5, 5.41) is 4.57. The van der Waals surface area contributed by atoms with Crippen molar-refractivity contribution in [3.8, 4) is 11.4 Å². The van der Waals surface area contributed by atoms with E-state index in [9.17, 15) is 0 Å². The van der Waals surface area contributed by atoms with E-state index in [0.29, 0.717) is 5.92 Å². The summed E-state index contributed by atoms with van der Waals surface area (Å²) in [6.07, 6.45) is 2.40. The smallest absolute Gasteiger partial charge is 0.181 e. The van der Waals surface area contributed by atoms with Gasteiger partial charge in [0.1, 0.15) is 5.82 Å². The fraction of sp³-hybridized carbons (Fsp3) is 0.385. The number of aromatic nitrogens is 3. The third kappa shape index (κ3) is 1.79. The molecule has 4 heteroatoms. The van der Waals surface area contributed by atoms with Crippen molar-refractivity contribution in [2.75, 3.05) is 5.73 Å². The molecule has 0 saturated carbocycles. The van der Waals surface area contributed by atoms with Gasteiger partial charge in [0.25, 0.3) is 0 Å². The maximum Gasteiger partial charge on any atom is 0.181 e. The Labute approximate surface area is 100 Å². The van der Waals surface area contributed by atoms with Gasteiger partial charge in [-0.25, -0.2) is 9.67 Å². The molecule has 1 aliphatic rings. The van der Waals surface area contributed by atoms with Crippen molar-refractivity contribution >= 4 is 5.69 Å². The zero-order chi connectivity index (χ0) is 11.8. The van der Waals surface area contributed by atoms with Gasteiger partial charge in [-0.3, -0.25) is 0 Å². The molecule has 3 rings (SSSR count). The van der Waals surface area contributed by atoms with Gasteiger partial charge in [-0.2, -0.15) is 5.10 Å². The normalized spacial score (nSPS) is 19.0. The monoisotopic (exact) mass is 228 g/mol. The van der Waals surface area contributed by atoms with Crippen LogP contribution in [0.3, 0.4) is 0 Å². The summed E-state index contributed by atoms with van der Waals surface area (Å²) in [4.78, 5) is 4.64. The van der Waals surface area contributed by atoms with Crippen LogP contribution in [0.1, 0.15) is 31.5 Å². The molecule has 0 fully saturated rings. The first-order valence-electron chi connectivity index (χ1n) is 6.04. The molecular formula is C13H16N4. The number of nitrogens with zero attached hydrogens (tertiary/aromatic N) is 3. The molecule has 1 unspecified atom stereocenters. The predicted octanol–water partition coefficient (Wildman–Crippen LogP) is 2.42. The zero-order valence-electron chi connectivity index (χ0n) is 9.93. The van der Waals surface area contributed by atoms with Gasteiger partial charge in [0.15, 0.2) is 5.82 Å². The third-order valence-corrected chi connectivity index (χ3v) is 3.32. The lowest BCUT2D eigenvalue weighted by atomic mass is 10.0. The molecule has 1 aromatic carbocycles. The second kappa shape index (κ2) is 3.87. The highest BCUT2D eigenvalue weighted by Crippen LogP contribution is 2.27. The summed E-state index contributed by atoms with van der Waals surface area (Å²) in [6.45, 7) is 3.20. The average molecular weight is 228 g/mol. The number of hydrogen-bond acceptors (Lipinski definition) is 3. The molecule has 4 nitrogen and oxygen atoms in total. The van der Waals surface area contributed by atoms with Gasteiger partial charge in [0.2, 0.25) is 0 Å². The fourth-order valence-electron chi connectivity index (χ4n) is 2.31. The average Bonchev–Trinajstić information content (AvgIpc) is 2.75. The van der Waals surface area contributed by atoms with Crippen molar-refractivity contribution in [1.82, 2.24) is 14.8 Å². The van der Waals surface area contributed by atoms with Gasteiger partial charge in [0, 0.05) is 23.7 Å². The summed E-state index contributed by atoms with van der Waals surface area (Å²) >= 11 is 0. The van der Waals surface area contributed by atoms with Crippen LogP contribution in [0.5, 0.6) is 0 Å². The molecule has 0 amide bonds. The van der Waals surface area contributed by atoms with Gasteiger partial charge in [-0.1, -0.05) is 6.92 Å². The number of nitrogens with two attached hydrogens (primary N) is 1. The standard InChI is InChI=1S/C13H16N4/c1-9-3-2-8-17-13(9)15-12(16-17)10-4-6-11(14)7-5-10/h4-7,9H,2-3,8,14H2,1H3. The Balaban J connectivity index is 2.02. The molecule has 88 valence electrons. The van der Waals surface area contributed by atoms with Gasteiger partial charge in [-0.05, 0) is 37.1 Å². The highest BCUT2D eigenvalue weighted by Gasteiger charge is 2.20. The van der Waals surface area contributed by atoms with Crippen LogP contribution in [-0.4, -0.2) is 14.8 Å². The van der Waals surface area contributed by atoms with Crippen molar-refractivity contribution in [3.63, 3.8) is 0 Å². The highest BCUT2D eigenvalue weighted by molar-refractivity contribution is 5.58. The SMILES string of the molecule is CC1CCCn2nc(-c3ccc(N)cc3)nc21. The second-order valence-electron chi connectivity index (χ2n) is 4.68. The maximum absolute atomic E-state index is 5.68. The summed E-state index contributed by atoms with van der Waals surface area (Å²) in [7, 11) is 0. The maximum atomic E-state index is 5.68. The van der Waals surface area contributed by atoms with Crippen molar-refractivity contribution in [2.24, 2.45) is 0 Å². The Kier molecular flexibility index (Phi) is 2.35. The van der Waals surface area contributed by atoms with Gasteiger partial charge >= 0.3 is 0 Å². The Bertz CT molecular complexity index is 527. The molecule has 1 atom stereocenters. The van der Waals surface area contributed by atoms with E-state index in [4.69, 9.17) is 5.73 Å². The largest absolute Gasteiger partial charge is 0.399 e. The number of fused-ring (bicyclic) bond motifs is 1. The van der Waals surface area contributed by atoms with E-state index in [1.165, 1.54) is 12.8 Å². The van der Waals surface area contributed by atoms with Crippen molar-refractivity contribution in [3.05, 3.63) is 30.1 Å². The predicted molar refractivity (Wildman–Crippen MR) is 67.5 cm³/mol. The van der Waals surface area contributed by atoms with Crippen LogP contribution < -0.4 is 5.73 Å². The molecule has 0 radical (unpaired) electrons. The summed E-state index contributed by atoms with van der Waals surface area (Å²) < 4.78 is 2.04. The van der Waals surface area contributed by atoms with Crippen molar-refractivity contribution in [1.29, 1.82) is 0 Å². The van der Waals surface area contributed by atoms with E-state index < -0.39 is 0 Å². The Morgan fingerprint density at radius 1 is 1.29 bits per heavy atom. The van der Waals surface area contributed by atoms with E-state index in [2.05, 4.69) is 17.0 Å². The van der Waals surface area contributed by atoms with Gasteiger partial charge in [-0.15, -0.1) is 0 Å². The molecule has 1 aromatic heterocycles. The van der Waals surface area contributed by atoms with Crippen LogP contribution >= 0.6 is 0 Å². The molecule has 0 saturated heterocycles. The van der Waals surface area contributed by atoms with Crippen LogP contribution in [0.4, 0.5) is 5.69 Å². The summed E-state index contributed by atoms with van der Waals surface area (Å²) in [5.41, 5.74) is 7.48. The van der Waals surface area contributed by atoms with E-state index in [1.54, 1.807) is 0 Å². The number of rotatable bonds is 1. The summed E-state index contributed by atoms with van der Waals surface area (Å²) in [5.74, 6) is 2.44. The molecule has 0 aliphatic carbocycles. The van der Waals surface area contributed by atoms with E-state index in [1.807, 2.05) is 28.9 Å². The molecule has 2 N–H and O–H groups in total. The second-order valence-corrected chi connectivity index (χ2v) is 4.68. The Morgan fingerprint density at radius 2 is 2.06 bits per heavy atom. The minimum atomic E-state index is 0.513. The molecule has 17 heavy (non-hydrogen) atoms. The first kappa shape index (κ1) is 10.3. The minimum Gasteiger partial charge on any atom is -0.399 e. The quantitative estimate of drug-likeness (QED) is 0.763. The number of hydrogen-bond donors (Lipinski definition) is 1. The molecule has 2 heterocycles. The highest BCUT2D eigenvalue weighted by atomic mass is 15.4. The van der Waals surface area contributed by atoms with E-state index in [-0.39, 0.29) is 0 Å². The summed E-state index contributed by atoms with van der Waals surface area (Å²) in [6, 6.07) is 7.72. The molecule has 1 aliphatic heterocycles. The van der Waals surface area contributed by atoms with Crippen LogP contribution in [0.15, 0.2) is 24.3 Å². The number of aryl methyl sites for hydroxylation is 1. The molecular weight excluding hydrogens is 212 g/mol. The Morgan fingerprint density at radius 3 is 2.76 bits per heavy atom. The van der Waals surface area contributed by atoms with Crippen molar-refractivity contribution < 1.29 is 0 Å². The molecule has 0 bridgehead atoms. The third-order valence-electron chi connectivity index (χ3n) is 3.32. The lowest BCUT2D eigenvalue weighted by Gasteiger charge is -2.17. The molecule has 0 spiro atoms. The molecule has 2 aromatic rings. The van der Waals surface area contributed by atoms with E-state index in [0.717, 1.165) is 29.4 Å². The minimum absolute atomic E-state index is 0.513. The van der Waals surface area contributed by atoms with Gasteiger partial charge < -0.3 is 5.73 Å².